The van der Waals surface area contributed by atoms with Crippen LogP contribution in [0, 0.1) is 11.3 Å². The van der Waals surface area contributed by atoms with Crippen LogP contribution in [0.4, 0.5) is 21.7 Å². The van der Waals surface area contributed by atoms with E-state index in [-0.39, 0.29) is 36.7 Å². The van der Waals surface area contributed by atoms with E-state index in [1.54, 1.807) is 18.2 Å². The number of likely N-dealkylation sites (tertiary alicyclic amines) is 1. The molecule has 1 N–H and O–H groups in total. The molecule has 0 spiro atoms. The minimum Gasteiger partial charge on any atom is -0.486 e. The number of azo groups is 1. The largest absolute Gasteiger partial charge is 0.486 e. The van der Waals surface area contributed by atoms with E-state index in [9.17, 15) is 10.1 Å². The number of nitriles is 1. The van der Waals surface area contributed by atoms with Crippen molar-refractivity contribution in [3.05, 3.63) is 66.1 Å². The molecule has 1 aromatic heterocycles. The number of carbonyl (C=O) groups excluding carboxylic acids is 1. The summed E-state index contributed by atoms with van der Waals surface area (Å²) in [5.74, 6) is 0.740. The molecule has 13 nitrogen and oxygen atoms in total. The number of anilines is 3. The molecule has 3 saturated heterocycles. The molecule has 0 unspecified atom stereocenters. The smallest absolute Gasteiger partial charge is 0.253 e. The Morgan fingerprint density at radius 2 is 1.96 bits per heavy atom. The van der Waals surface area contributed by atoms with E-state index in [0.29, 0.717) is 41.5 Å². The Morgan fingerprint density at radius 3 is 2.66 bits per heavy atom. The molecule has 4 aliphatic rings. The van der Waals surface area contributed by atoms with Crippen LogP contribution in [0.25, 0.3) is 11.4 Å². The third kappa shape index (κ3) is 6.63. The van der Waals surface area contributed by atoms with Crippen LogP contribution in [-0.4, -0.2) is 108 Å². The Bertz CT molecular complexity index is 1720. The van der Waals surface area contributed by atoms with Gasteiger partial charge in [-0.25, -0.2) is 14.4 Å². The number of alkyl halides is 1. The number of halogens is 1. The standard InChI is InChI=1S/C33H35FN10O3/c1-21-16-42(27-18-46-19-27)10-11-44(21)26-5-3-25(4-6-26)40-33-37-20-36-31(41-33)22-2-7-29(23(12-22)13-35)47-30-8-9-43(17-28(30)34)32(45)24-14-38-39-15-24/h2-7,12,14,20-21,27-28,30H,8-11,15-19H2,1H3,(H,36,37,40,41)/t21-,28+,30-/m0/s1. The van der Waals surface area contributed by atoms with Gasteiger partial charge in [-0.3, -0.25) is 9.69 Å². The predicted octanol–water partition coefficient (Wildman–Crippen LogP) is 3.73. The highest BCUT2D eigenvalue weighted by Crippen LogP contribution is 2.30. The van der Waals surface area contributed by atoms with Gasteiger partial charge in [0.15, 0.2) is 12.0 Å². The highest BCUT2D eigenvalue weighted by atomic mass is 19.1. The fraction of sp³-hybridized carbons (Fsp3) is 0.424. The van der Waals surface area contributed by atoms with E-state index in [0.717, 1.165) is 38.5 Å². The fourth-order valence-electron chi connectivity index (χ4n) is 6.31. The lowest BCUT2D eigenvalue weighted by molar-refractivity contribution is -0.130. The zero-order chi connectivity index (χ0) is 32.3. The van der Waals surface area contributed by atoms with Crippen LogP contribution in [0.5, 0.6) is 5.75 Å². The van der Waals surface area contributed by atoms with E-state index in [1.165, 1.54) is 23.1 Å². The molecule has 2 aromatic carbocycles. The van der Waals surface area contributed by atoms with Crippen LogP contribution in [0.3, 0.4) is 0 Å². The van der Waals surface area contributed by atoms with Crippen molar-refractivity contribution in [1.82, 2.24) is 24.8 Å². The van der Waals surface area contributed by atoms with Gasteiger partial charge in [-0.15, -0.1) is 0 Å². The first-order chi connectivity index (χ1) is 22.9. The van der Waals surface area contributed by atoms with Crippen LogP contribution in [0.2, 0.25) is 0 Å². The van der Waals surface area contributed by atoms with Crippen LogP contribution in [-0.2, 0) is 9.53 Å². The van der Waals surface area contributed by atoms with Gasteiger partial charge in [-0.1, -0.05) is 0 Å². The molecule has 47 heavy (non-hydrogen) atoms. The van der Waals surface area contributed by atoms with Crippen LogP contribution in [0.1, 0.15) is 18.9 Å². The number of rotatable bonds is 8. The molecule has 0 saturated carbocycles. The summed E-state index contributed by atoms with van der Waals surface area (Å²) < 4.78 is 26.4. The summed E-state index contributed by atoms with van der Waals surface area (Å²) in [6.07, 6.45) is 0.908. The molecule has 3 atom stereocenters. The van der Waals surface area contributed by atoms with Crippen molar-refractivity contribution in [3.8, 4) is 23.2 Å². The molecule has 7 rings (SSSR count). The Kier molecular flexibility index (Phi) is 8.73. The minimum absolute atomic E-state index is 0.100. The van der Waals surface area contributed by atoms with Gasteiger partial charge in [0.1, 0.15) is 24.3 Å². The van der Waals surface area contributed by atoms with Gasteiger partial charge >= 0.3 is 0 Å². The molecule has 0 bridgehead atoms. The number of piperazine rings is 1. The number of nitrogens with one attached hydrogen (secondary N) is 1. The van der Waals surface area contributed by atoms with E-state index in [4.69, 9.17) is 9.47 Å². The average Bonchev–Trinajstić information content (AvgIpc) is 3.61. The van der Waals surface area contributed by atoms with Crippen LogP contribution in [0.15, 0.2) is 70.8 Å². The number of hydrogen-bond acceptors (Lipinski definition) is 12. The number of hydrogen-bond donors (Lipinski definition) is 1. The Morgan fingerprint density at radius 1 is 1.11 bits per heavy atom. The summed E-state index contributed by atoms with van der Waals surface area (Å²) >= 11 is 0. The van der Waals surface area contributed by atoms with Crippen molar-refractivity contribution in [3.63, 3.8) is 0 Å². The minimum atomic E-state index is -1.41. The lowest BCUT2D eigenvalue weighted by Crippen LogP contribution is -2.59. The molecule has 4 aliphatic heterocycles. The van der Waals surface area contributed by atoms with Crippen molar-refractivity contribution in [2.75, 3.05) is 62.7 Å². The van der Waals surface area contributed by atoms with E-state index in [2.05, 4.69) is 65.4 Å². The van der Waals surface area contributed by atoms with Crippen molar-refractivity contribution in [2.24, 2.45) is 10.2 Å². The quantitative estimate of drug-likeness (QED) is 0.388. The summed E-state index contributed by atoms with van der Waals surface area (Å²) in [7, 11) is 0. The maximum absolute atomic E-state index is 15.1. The number of aromatic nitrogens is 3. The van der Waals surface area contributed by atoms with Crippen molar-refractivity contribution in [2.45, 2.75) is 37.7 Å². The summed E-state index contributed by atoms with van der Waals surface area (Å²) in [6, 6.07) is 16.3. The molecule has 3 fully saturated rings. The average molecular weight is 639 g/mol. The second-order valence-electron chi connectivity index (χ2n) is 12.1. The Hall–Kier alpha value is -5.00. The van der Waals surface area contributed by atoms with E-state index < -0.39 is 12.3 Å². The third-order valence-corrected chi connectivity index (χ3v) is 9.04. The van der Waals surface area contributed by atoms with Crippen molar-refractivity contribution < 1.29 is 18.7 Å². The zero-order valence-corrected chi connectivity index (χ0v) is 26.0. The molecule has 0 radical (unpaired) electrons. The first-order valence-corrected chi connectivity index (χ1v) is 15.8. The zero-order valence-electron chi connectivity index (χ0n) is 26.0. The maximum Gasteiger partial charge on any atom is 0.253 e. The Labute approximate surface area is 271 Å². The summed E-state index contributed by atoms with van der Waals surface area (Å²) in [5, 5.41) is 20.6. The van der Waals surface area contributed by atoms with Gasteiger partial charge in [-0.05, 0) is 49.4 Å². The van der Waals surface area contributed by atoms with Crippen LogP contribution < -0.4 is 15.0 Å². The highest BCUT2D eigenvalue weighted by Gasteiger charge is 2.35. The van der Waals surface area contributed by atoms with Crippen molar-refractivity contribution >= 4 is 23.2 Å². The number of nitrogens with zero attached hydrogens (tertiary/aromatic N) is 9. The molecule has 242 valence electrons. The van der Waals surface area contributed by atoms with Crippen LogP contribution >= 0.6 is 0 Å². The van der Waals surface area contributed by atoms with Gasteiger partial charge in [-0.2, -0.15) is 20.5 Å². The number of amides is 1. The Balaban J connectivity index is 0.972. The SMILES string of the molecule is C[C@H]1CN(C2COC2)CCN1c1ccc(Nc2ncnc(-c3ccc(O[C@H]4CCN(C(=O)C5=CN=NC5)C[C@H]4F)c(C#N)c3)n2)cc1. The normalized spacial score (nSPS) is 23.2. The molecular weight excluding hydrogens is 603 g/mol. The number of piperidine rings is 1. The number of carbonyl (C=O) groups is 1. The predicted molar refractivity (Wildman–Crippen MR) is 171 cm³/mol. The molecule has 14 heteroatoms. The fourth-order valence-corrected chi connectivity index (χ4v) is 6.31. The molecule has 0 aliphatic carbocycles. The van der Waals surface area contributed by atoms with Gasteiger partial charge in [0.25, 0.3) is 5.91 Å². The van der Waals surface area contributed by atoms with Crippen molar-refractivity contribution in [1.29, 1.82) is 5.26 Å². The number of ether oxygens (including phenoxy) is 2. The monoisotopic (exact) mass is 638 g/mol. The highest BCUT2D eigenvalue weighted by molar-refractivity contribution is 5.94. The third-order valence-electron chi connectivity index (χ3n) is 9.04. The first kappa shape index (κ1) is 30.6. The molecule has 3 aromatic rings. The summed E-state index contributed by atoms with van der Waals surface area (Å²) in [4.78, 5) is 32.2. The molecular formula is C33H35FN10O3. The second-order valence-corrected chi connectivity index (χ2v) is 12.1. The first-order valence-electron chi connectivity index (χ1n) is 15.8. The van der Waals surface area contributed by atoms with Gasteiger partial charge in [0.2, 0.25) is 5.95 Å². The lowest BCUT2D eigenvalue weighted by Gasteiger charge is -2.46. The topological polar surface area (TPSA) is 144 Å². The number of benzene rings is 2. The molecule has 1 amide bonds. The summed E-state index contributed by atoms with van der Waals surface area (Å²) in [5.41, 5.74) is 3.28. The van der Waals surface area contributed by atoms with Gasteiger partial charge in [0, 0.05) is 55.6 Å². The summed E-state index contributed by atoms with van der Waals surface area (Å²) in [6.45, 7) is 7.40. The molecule has 5 heterocycles. The lowest BCUT2D eigenvalue weighted by atomic mass is 10.0. The second kappa shape index (κ2) is 13.4. The van der Waals surface area contributed by atoms with Gasteiger partial charge in [0.05, 0.1) is 49.7 Å². The van der Waals surface area contributed by atoms with E-state index in [1.807, 2.05) is 12.1 Å². The van der Waals surface area contributed by atoms with E-state index >= 15 is 4.39 Å². The maximum atomic E-state index is 15.1. The van der Waals surface area contributed by atoms with Gasteiger partial charge < -0.3 is 24.6 Å².